The van der Waals surface area contributed by atoms with Crippen LogP contribution in [0.2, 0.25) is 0 Å². The Kier molecular flexibility index (Phi) is 5.74. The maximum absolute atomic E-state index is 12.6. The van der Waals surface area contributed by atoms with Gasteiger partial charge < -0.3 is 14.5 Å². The van der Waals surface area contributed by atoms with Crippen molar-refractivity contribution in [3.63, 3.8) is 0 Å². The number of hydrogen-bond acceptors (Lipinski definition) is 6. The largest absolute Gasteiger partial charge is 0.444 e. The lowest BCUT2D eigenvalue weighted by Crippen LogP contribution is -2.52. The van der Waals surface area contributed by atoms with Crippen LogP contribution in [0.1, 0.15) is 26.5 Å². The van der Waals surface area contributed by atoms with Crippen LogP contribution in [0, 0.1) is 0 Å². The Bertz CT molecular complexity index is 793. The molecule has 1 aliphatic rings. The van der Waals surface area contributed by atoms with Crippen molar-refractivity contribution in [2.45, 2.75) is 32.8 Å². The summed E-state index contributed by atoms with van der Waals surface area (Å²) in [5, 5.41) is 2.78. The van der Waals surface area contributed by atoms with Gasteiger partial charge >= 0.3 is 6.09 Å². The van der Waals surface area contributed by atoms with E-state index in [1.54, 1.807) is 22.2 Å². The van der Waals surface area contributed by atoms with E-state index < -0.39 is 5.60 Å². The summed E-state index contributed by atoms with van der Waals surface area (Å²) in [7, 11) is 0. The number of thiazole rings is 1. The van der Waals surface area contributed by atoms with Crippen LogP contribution in [-0.2, 0) is 16.0 Å². The summed E-state index contributed by atoms with van der Waals surface area (Å²) in [5.41, 5.74) is 1.20. The van der Waals surface area contributed by atoms with Gasteiger partial charge in [-0.2, -0.15) is 0 Å². The normalized spacial score (nSPS) is 14.9. The minimum absolute atomic E-state index is 0.0295. The molecule has 2 aromatic rings. The van der Waals surface area contributed by atoms with Crippen LogP contribution in [0.15, 0.2) is 29.9 Å². The smallest absolute Gasteiger partial charge is 0.410 e. The number of piperazine rings is 1. The van der Waals surface area contributed by atoms with Crippen LogP contribution in [-0.4, -0.2) is 63.5 Å². The highest BCUT2D eigenvalue weighted by atomic mass is 32.1. The van der Waals surface area contributed by atoms with Gasteiger partial charge in [-0.1, -0.05) is 0 Å². The summed E-state index contributed by atoms with van der Waals surface area (Å²) in [6.07, 6.45) is 3.43. The molecule has 0 aromatic carbocycles. The first-order valence-electron chi connectivity index (χ1n) is 8.92. The second-order valence-corrected chi connectivity index (χ2v) is 8.27. The molecule has 1 aliphatic heterocycles. The Balaban J connectivity index is 1.52. The first kappa shape index (κ1) is 19.3. The molecule has 2 aromatic heterocycles. The number of ether oxygens (including phenoxy) is 1. The molecule has 0 bridgehead atoms. The van der Waals surface area contributed by atoms with Crippen molar-refractivity contribution in [1.82, 2.24) is 19.8 Å². The molecule has 3 heterocycles. The first-order valence-corrected chi connectivity index (χ1v) is 9.80. The highest BCUT2D eigenvalue weighted by Gasteiger charge is 2.27. The van der Waals surface area contributed by atoms with Gasteiger partial charge in [0.15, 0.2) is 0 Å². The summed E-state index contributed by atoms with van der Waals surface area (Å²) < 4.78 is 5.38. The molecule has 0 radical (unpaired) electrons. The molecule has 0 saturated carbocycles. The zero-order valence-corrected chi connectivity index (χ0v) is 16.7. The predicted molar refractivity (Wildman–Crippen MR) is 103 cm³/mol. The van der Waals surface area contributed by atoms with Gasteiger partial charge in [-0.05, 0) is 32.9 Å². The number of aromatic nitrogens is 2. The van der Waals surface area contributed by atoms with Crippen molar-refractivity contribution < 1.29 is 14.3 Å². The topological polar surface area (TPSA) is 75.6 Å². The first-order chi connectivity index (χ1) is 12.8. The van der Waals surface area contributed by atoms with Gasteiger partial charge in [0.1, 0.15) is 10.6 Å². The number of carbonyl (C=O) groups excluding carboxylic acids is 2. The molecule has 0 unspecified atom stereocenters. The molecule has 3 rings (SSSR count). The third kappa shape index (κ3) is 5.26. The Labute approximate surface area is 163 Å². The van der Waals surface area contributed by atoms with Gasteiger partial charge in [0.25, 0.3) is 0 Å². The minimum atomic E-state index is -0.513. The molecular weight excluding hydrogens is 364 g/mol. The Morgan fingerprint density at radius 1 is 1.19 bits per heavy atom. The highest BCUT2D eigenvalue weighted by molar-refractivity contribution is 7.13. The summed E-state index contributed by atoms with van der Waals surface area (Å²) in [5.74, 6) is 0.0295. The fourth-order valence-corrected chi connectivity index (χ4v) is 3.55. The van der Waals surface area contributed by atoms with Crippen LogP contribution in [0.5, 0.6) is 0 Å². The van der Waals surface area contributed by atoms with E-state index in [0.717, 1.165) is 16.3 Å². The van der Waals surface area contributed by atoms with Crippen LogP contribution >= 0.6 is 11.3 Å². The molecule has 7 nitrogen and oxygen atoms in total. The summed E-state index contributed by atoms with van der Waals surface area (Å²) in [6.45, 7) is 7.53. The molecule has 1 fully saturated rings. The minimum Gasteiger partial charge on any atom is -0.444 e. The second kappa shape index (κ2) is 8.04. The predicted octanol–water partition coefficient (Wildman–Crippen LogP) is 2.83. The molecule has 27 heavy (non-hydrogen) atoms. The van der Waals surface area contributed by atoms with Gasteiger partial charge in [0.05, 0.1) is 12.1 Å². The average Bonchev–Trinajstić information content (AvgIpc) is 3.09. The highest BCUT2D eigenvalue weighted by Crippen LogP contribution is 2.23. The third-order valence-corrected chi connectivity index (χ3v) is 5.02. The molecule has 144 valence electrons. The van der Waals surface area contributed by atoms with Crippen molar-refractivity contribution in [2.75, 3.05) is 26.2 Å². The SMILES string of the molecule is CC(C)(C)OC(=O)N1CCN(C(=O)Cc2csc(-c3cccnc3)n2)CC1. The molecule has 0 N–H and O–H groups in total. The molecule has 0 spiro atoms. The maximum atomic E-state index is 12.6. The lowest BCUT2D eigenvalue weighted by atomic mass is 10.2. The van der Waals surface area contributed by atoms with Gasteiger partial charge in [0, 0.05) is 49.5 Å². The van der Waals surface area contributed by atoms with E-state index in [4.69, 9.17) is 4.74 Å². The Morgan fingerprint density at radius 3 is 2.52 bits per heavy atom. The summed E-state index contributed by atoms with van der Waals surface area (Å²) in [4.78, 5) is 36.7. The molecular formula is C19H24N4O3S. The van der Waals surface area contributed by atoms with Crippen molar-refractivity contribution in [2.24, 2.45) is 0 Å². The Morgan fingerprint density at radius 2 is 1.89 bits per heavy atom. The zero-order chi connectivity index (χ0) is 19.4. The van der Waals surface area contributed by atoms with E-state index >= 15 is 0 Å². The van der Waals surface area contributed by atoms with Crippen molar-refractivity contribution >= 4 is 23.3 Å². The number of rotatable bonds is 3. The molecule has 0 aliphatic carbocycles. The molecule has 1 saturated heterocycles. The average molecular weight is 388 g/mol. The summed E-state index contributed by atoms with van der Waals surface area (Å²) in [6, 6.07) is 3.82. The maximum Gasteiger partial charge on any atom is 0.410 e. The number of amides is 2. The fraction of sp³-hybridized carbons (Fsp3) is 0.474. The van der Waals surface area contributed by atoms with Crippen molar-refractivity contribution in [3.8, 4) is 10.6 Å². The fourth-order valence-electron chi connectivity index (χ4n) is 2.74. The lowest BCUT2D eigenvalue weighted by Gasteiger charge is -2.35. The van der Waals surface area contributed by atoms with E-state index in [0.29, 0.717) is 26.2 Å². The number of nitrogens with zero attached hydrogens (tertiary/aromatic N) is 4. The van der Waals surface area contributed by atoms with Crippen LogP contribution < -0.4 is 0 Å². The summed E-state index contributed by atoms with van der Waals surface area (Å²) >= 11 is 1.51. The Hall–Kier alpha value is -2.48. The van der Waals surface area contributed by atoms with Gasteiger partial charge in [-0.3, -0.25) is 9.78 Å². The van der Waals surface area contributed by atoms with Crippen LogP contribution in [0.4, 0.5) is 4.79 Å². The number of carbonyl (C=O) groups is 2. The zero-order valence-electron chi connectivity index (χ0n) is 15.8. The van der Waals surface area contributed by atoms with Gasteiger partial charge in [0.2, 0.25) is 5.91 Å². The molecule has 2 amide bonds. The van der Waals surface area contributed by atoms with Crippen molar-refractivity contribution in [3.05, 3.63) is 35.6 Å². The number of pyridine rings is 1. The van der Waals surface area contributed by atoms with Crippen molar-refractivity contribution in [1.29, 1.82) is 0 Å². The van der Waals surface area contributed by atoms with E-state index in [9.17, 15) is 9.59 Å². The second-order valence-electron chi connectivity index (χ2n) is 7.41. The monoisotopic (exact) mass is 388 g/mol. The molecule has 8 heteroatoms. The lowest BCUT2D eigenvalue weighted by molar-refractivity contribution is -0.132. The van der Waals surface area contributed by atoms with E-state index in [1.165, 1.54) is 11.3 Å². The van der Waals surface area contributed by atoms with Crippen LogP contribution in [0.3, 0.4) is 0 Å². The quantitative estimate of drug-likeness (QED) is 0.808. The van der Waals surface area contributed by atoms with E-state index in [1.807, 2.05) is 38.3 Å². The third-order valence-electron chi connectivity index (χ3n) is 4.08. The van der Waals surface area contributed by atoms with E-state index in [2.05, 4.69) is 9.97 Å². The number of hydrogen-bond donors (Lipinski definition) is 0. The van der Waals surface area contributed by atoms with Crippen LogP contribution in [0.25, 0.3) is 10.6 Å². The van der Waals surface area contributed by atoms with E-state index in [-0.39, 0.29) is 18.4 Å². The van der Waals surface area contributed by atoms with Gasteiger partial charge in [-0.15, -0.1) is 11.3 Å². The van der Waals surface area contributed by atoms with Gasteiger partial charge in [-0.25, -0.2) is 9.78 Å². The molecule has 0 atom stereocenters. The standard InChI is InChI=1S/C19H24N4O3S/c1-19(2,3)26-18(25)23-9-7-22(8-10-23)16(24)11-15-13-27-17(21-15)14-5-4-6-20-12-14/h4-6,12-13H,7-11H2,1-3H3.